The van der Waals surface area contributed by atoms with E-state index in [2.05, 4.69) is 17.2 Å². The van der Waals surface area contributed by atoms with Gasteiger partial charge in [-0.1, -0.05) is 24.1 Å². The van der Waals surface area contributed by atoms with Crippen LogP contribution >= 0.6 is 0 Å². The van der Waals surface area contributed by atoms with Gasteiger partial charge in [-0.25, -0.2) is 0 Å². The number of amides is 1. The van der Waals surface area contributed by atoms with Gasteiger partial charge in [0.25, 0.3) is 5.91 Å². The highest BCUT2D eigenvalue weighted by Gasteiger charge is 2.50. The maximum atomic E-state index is 11.4. The summed E-state index contributed by atoms with van der Waals surface area (Å²) < 4.78 is 0. The second-order valence-electron chi connectivity index (χ2n) is 4.38. The number of carboxylic acids is 1. The van der Waals surface area contributed by atoms with Gasteiger partial charge in [0.05, 0.1) is 5.41 Å². The van der Waals surface area contributed by atoms with E-state index in [1.54, 1.807) is 12.1 Å². The number of benzene rings is 1. The highest BCUT2D eigenvalue weighted by molar-refractivity contribution is 5.94. The maximum absolute atomic E-state index is 11.4. The third-order valence-corrected chi connectivity index (χ3v) is 2.99. The van der Waals surface area contributed by atoms with Crippen LogP contribution < -0.4 is 5.32 Å². The van der Waals surface area contributed by atoms with Gasteiger partial charge in [-0.2, -0.15) is 0 Å². The molecule has 4 nitrogen and oxygen atoms in total. The summed E-state index contributed by atoms with van der Waals surface area (Å²) in [5.74, 6) is 3.88. The second kappa shape index (κ2) is 4.92. The van der Waals surface area contributed by atoms with E-state index in [9.17, 15) is 9.59 Å². The molecule has 0 heterocycles. The molecule has 0 aliphatic heterocycles. The molecule has 1 aromatic rings. The quantitative estimate of drug-likeness (QED) is 0.779. The molecule has 0 unspecified atom stereocenters. The number of rotatable bonds is 3. The summed E-state index contributed by atoms with van der Waals surface area (Å²) in [5.41, 5.74) is 0.0106. The fourth-order valence-corrected chi connectivity index (χ4v) is 1.56. The summed E-state index contributed by atoms with van der Waals surface area (Å²) in [7, 11) is 0. The van der Waals surface area contributed by atoms with Gasteiger partial charge < -0.3 is 10.4 Å². The van der Waals surface area contributed by atoms with Gasteiger partial charge in [0, 0.05) is 18.0 Å². The molecule has 0 bridgehead atoms. The predicted octanol–water partition coefficient (Wildman–Crippen LogP) is 1.02. The molecule has 92 valence electrons. The lowest BCUT2D eigenvalue weighted by molar-refractivity contribution is -0.143. The van der Waals surface area contributed by atoms with Crippen LogP contribution in [-0.2, 0) is 9.59 Å². The zero-order chi connectivity index (χ0) is 13.0. The Morgan fingerprint density at radius 2 is 1.94 bits per heavy atom. The second-order valence-corrected chi connectivity index (χ2v) is 4.38. The number of aliphatic carboxylic acids is 1. The molecule has 2 N–H and O–H groups in total. The van der Waals surface area contributed by atoms with Crippen molar-refractivity contribution in [2.45, 2.75) is 12.8 Å². The fraction of sp³-hybridized carbons (Fsp3) is 0.286. The molecule has 1 saturated carbocycles. The Hall–Kier alpha value is -2.28. The van der Waals surface area contributed by atoms with E-state index in [0.29, 0.717) is 12.8 Å². The Morgan fingerprint density at radius 3 is 2.50 bits per heavy atom. The Morgan fingerprint density at radius 1 is 1.28 bits per heavy atom. The van der Waals surface area contributed by atoms with Crippen LogP contribution in [0, 0.1) is 17.3 Å². The minimum atomic E-state index is -0.848. The van der Waals surface area contributed by atoms with E-state index in [4.69, 9.17) is 5.11 Å². The Balaban J connectivity index is 1.87. The number of hydrogen-bond acceptors (Lipinski definition) is 2. The summed E-state index contributed by atoms with van der Waals surface area (Å²) in [6, 6.07) is 9.16. The summed E-state index contributed by atoms with van der Waals surface area (Å²) in [6.45, 7) is 0.157. The SMILES string of the molecule is O=C(C#Cc1ccccc1)NCC1(C(=O)O)CC1. The number of nitrogens with one attached hydrogen (secondary N) is 1. The fourth-order valence-electron chi connectivity index (χ4n) is 1.56. The molecule has 1 fully saturated rings. The molecule has 1 aliphatic rings. The van der Waals surface area contributed by atoms with Crippen LogP contribution in [0.15, 0.2) is 30.3 Å². The summed E-state index contributed by atoms with van der Waals surface area (Å²) in [5, 5.41) is 11.5. The molecular formula is C14H13NO3. The first kappa shape index (κ1) is 12.2. The standard InChI is InChI=1S/C14H13NO3/c16-12(7-6-11-4-2-1-3-5-11)15-10-14(8-9-14)13(17)18/h1-5H,8-10H2,(H,15,16)(H,17,18). The molecule has 1 aliphatic carbocycles. The Kier molecular flexibility index (Phi) is 3.33. The first-order chi connectivity index (χ1) is 8.62. The zero-order valence-corrected chi connectivity index (χ0v) is 9.77. The average Bonchev–Trinajstić information content (AvgIpc) is 3.16. The van der Waals surface area contributed by atoms with Crippen molar-refractivity contribution in [2.75, 3.05) is 6.54 Å². The van der Waals surface area contributed by atoms with Crippen molar-refractivity contribution < 1.29 is 14.7 Å². The molecule has 1 aromatic carbocycles. The topological polar surface area (TPSA) is 66.4 Å². The van der Waals surface area contributed by atoms with Crippen molar-refractivity contribution in [2.24, 2.45) is 5.41 Å². The van der Waals surface area contributed by atoms with Gasteiger partial charge >= 0.3 is 5.97 Å². The van der Waals surface area contributed by atoms with Crippen LogP contribution in [0.2, 0.25) is 0 Å². The number of hydrogen-bond donors (Lipinski definition) is 2. The largest absolute Gasteiger partial charge is 0.481 e. The van der Waals surface area contributed by atoms with Crippen LogP contribution in [-0.4, -0.2) is 23.5 Å². The van der Waals surface area contributed by atoms with Gasteiger partial charge in [0.2, 0.25) is 0 Å². The Labute approximate surface area is 105 Å². The summed E-state index contributed by atoms with van der Waals surface area (Å²) in [6.07, 6.45) is 1.24. The van der Waals surface area contributed by atoms with E-state index in [-0.39, 0.29) is 6.54 Å². The van der Waals surface area contributed by atoms with Crippen molar-refractivity contribution >= 4 is 11.9 Å². The zero-order valence-electron chi connectivity index (χ0n) is 9.77. The molecule has 18 heavy (non-hydrogen) atoms. The van der Waals surface area contributed by atoms with Crippen LogP contribution in [0.25, 0.3) is 0 Å². The number of carbonyl (C=O) groups excluding carboxylic acids is 1. The lowest BCUT2D eigenvalue weighted by Crippen LogP contribution is -2.33. The van der Waals surface area contributed by atoms with Crippen LogP contribution in [0.1, 0.15) is 18.4 Å². The maximum Gasteiger partial charge on any atom is 0.311 e. The van der Waals surface area contributed by atoms with E-state index >= 15 is 0 Å². The molecular weight excluding hydrogens is 230 g/mol. The normalized spacial score (nSPS) is 15.1. The van der Waals surface area contributed by atoms with Gasteiger partial charge in [0.1, 0.15) is 0 Å². The molecule has 0 aromatic heterocycles. The van der Waals surface area contributed by atoms with E-state index in [1.807, 2.05) is 18.2 Å². The van der Waals surface area contributed by atoms with Crippen molar-refractivity contribution in [1.82, 2.24) is 5.32 Å². The minimum absolute atomic E-state index is 0.157. The van der Waals surface area contributed by atoms with Crippen molar-refractivity contribution in [3.05, 3.63) is 35.9 Å². The molecule has 2 rings (SSSR count). The lowest BCUT2D eigenvalue weighted by Gasteiger charge is -2.08. The molecule has 0 saturated heterocycles. The highest BCUT2D eigenvalue weighted by atomic mass is 16.4. The summed E-state index contributed by atoms with van der Waals surface area (Å²) in [4.78, 5) is 22.3. The summed E-state index contributed by atoms with van der Waals surface area (Å²) >= 11 is 0. The number of carboxylic acid groups (broad SMARTS) is 1. The molecule has 1 amide bonds. The van der Waals surface area contributed by atoms with Gasteiger partial charge in [0.15, 0.2) is 0 Å². The van der Waals surface area contributed by atoms with Crippen LogP contribution in [0.3, 0.4) is 0 Å². The third kappa shape index (κ3) is 2.89. The minimum Gasteiger partial charge on any atom is -0.481 e. The number of carbonyl (C=O) groups is 2. The van der Waals surface area contributed by atoms with Gasteiger partial charge in [-0.05, 0) is 25.0 Å². The molecule has 0 spiro atoms. The lowest BCUT2D eigenvalue weighted by atomic mass is 10.1. The monoisotopic (exact) mass is 243 g/mol. The molecule has 0 radical (unpaired) electrons. The predicted molar refractivity (Wildman–Crippen MR) is 65.6 cm³/mol. The van der Waals surface area contributed by atoms with Crippen molar-refractivity contribution in [3.63, 3.8) is 0 Å². The van der Waals surface area contributed by atoms with E-state index < -0.39 is 17.3 Å². The average molecular weight is 243 g/mol. The smallest absolute Gasteiger partial charge is 0.311 e. The van der Waals surface area contributed by atoms with Crippen molar-refractivity contribution in [3.8, 4) is 11.8 Å². The van der Waals surface area contributed by atoms with Crippen LogP contribution in [0.5, 0.6) is 0 Å². The van der Waals surface area contributed by atoms with Crippen molar-refractivity contribution in [1.29, 1.82) is 0 Å². The third-order valence-electron chi connectivity index (χ3n) is 2.99. The van der Waals surface area contributed by atoms with Gasteiger partial charge in [-0.15, -0.1) is 0 Å². The molecule has 4 heteroatoms. The van der Waals surface area contributed by atoms with E-state index in [0.717, 1.165) is 5.56 Å². The van der Waals surface area contributed by atoms with Gasteiger partial charge in [-0.3, -0.25) is 9.59 Å². The first-order valence-electron chi connectivity index (χ1n) is 5.71. The van der Waals surface area contributed by atoms with E-state index in [1.165, 1.54) is 0 Å². The molecule has 0 atom stereocenters. The Bertz CT molecular complexity index is 521. The highest BCUT2D eigenvalue weighted by Crippen LogP contribution is 2.45. The first-order valence-corrected chi connectivity index (χ1v) is 5.71. The van der Waals surface area contributed by atoms with Crippen LogP contribution in [0.4, 0.5) is 0 Å².